The highest BCUT2D eigenvalue weighted by atomic mass is 16.5. The summed E-state index contributed by atoms with van der Waals surface area (Å²) in [6, 6.07) is 15.3. The number of aryl methyl sites for hydroxylation is 2. The number of methoxy groups -OCH3 is 1. The van der Waals surface area contributed by atoms with Crippen molar-refractivity contribution in [3.8, 4) is 28.5 Å². The molecule has 0 unspecified atom stereocenters. The standard InChI is InChI=1S/C23H26N2O3/c1-16(2)28-19-8-5-7-18(15-19)20-12-13-24-23(25-20)9-4-6-17-10-11-21(26)22(14-17)27-3/h5,7-8,10-16,26H,4,6,9H2,1-3H3. The summed E-state index contributed by atoms with van der Waals surface area (Å²) >= 11 is 0. The largest absolute Gasteiger partial charge is 0.504 e. The highest BCUT2D eigenvalue weighted by Gasteiger charge is 2.07. The molecule has 5 heteroatoms. The van der Waals surface area contributed by atoms with Crippen molar-refractivity contribution in [1.29, 1.82) is 0 Å². The molecule has 1 N–H and O–H groups in total. The van der Waals surface area contributed by atoms with Crippen molar-refractivity contribution in [3.05, 3.63) is 66.1 Å². The first-order valence-corrected chi connectivity index (χ1v) is 9.50. The highest BCUT2D eigenvalue weighted by molar-refractivity contribution is 5.60. The van der Waals surface area contributed by atoms with Crippen molar-refractivity contribution in [2.75, 3.05) is 7.11 Å². The Hall–Kier alpha value is -3.08. The topological polar surface area (TPSA) is 64.5 Å². The molecule has 0 aliphatic heterocycles. The molecular weight excluding hydrogens is 352 g/mol. The van der Waals surface area contributed by atoms with Gasteiger partial charge in [0.15, 0.2) is 11.5 Å². The summed E-state index contributed by atoms with van der Waals surface area (Å²) in [4.78, 5) is 9.12. The minimum Gasteiger partial charge on any atom is -0.504 e. The molecule has 1 aromatic heterocycles. The molecule has 5 nitrogen and oxygen atoms in total. The Kier molecular flexibility index (Phi) is 6.48. The summed E-state index contributed by atoms with van der Waals surface area (Å²) in [6.07, 6.45) is 4.49. The third-order valence-corrected chi connectivity index (χ3v) is 4.32. The lowest BCUT2D eigenvalue weighted by molar-refractivity contribution is 0.242. The molecule has 3 rings (SSSR count). The Morgan fingerprint density at radius 1 is 1.04 bits per heavy atom. The van der Waals surface area contributed by atoms with Gasteiger partial charge in [0.2, 0.25) is 0 Å². The molecule has 3 aromatic rings. The predicted molar refractivity (Wildman–Crippen MR) is 110 cm³/mol. The quantitative estimate of drug-likeness (QED) is 0.609. The van der Waals surface area contributed by atoms with E-state index < -0.39 is 0 Å². The molecular formula is C23H26N2O3. The lowest BCUT2D eigenvalue weighted by Gasteiger charge is -2.11. The van der Waals surface area contributed by atoms with Crippen LogP contribution in [0.1, 0.15) is 31.7 Å². The first-order valence-electron chi connectivity index (χ1n) is 9.50. The van der Waals surface area contributed by atoms with E-state index in [1.54, 1.807) is 19.4 Å². The van der Waals surface area contributed by atoms with Crippen LogP contribution < -0.4 is 9.47 Å². The monoisotopic (exact) mass is 378 g/mol. The number of phenolic OH excluding ortho intramolecular Hbond substituents is 1. The lowest BCUT2D eigenvalue weighted by Crippen LogP contribution is -2.05. The van der Waals surface area contributed by atoms with Crippen LogP contribution in [0.3, 0.4) is 0 Å². The maximum absolute atomic E-state index is 9.69. The van der Waals surface area contributed by atoms with Crippen LogP contribution in [0.2, 0.25) is 0 Å². The molecule has 0 fully saturated rings. The van der Waals surface area contributed by atoms with Crippen LogP contribution in [-0.2, 0) is 12.8 Å². The van der Waals surface area contributed by atoms with Crippen LogP contribution in [-0.4, -0.2) is 28.3 Å². The maximum atomic E-state index is 9.69. The van der Waals surface area contributed by atoms with Gasteiger partial charge < -0.3 is 14.6 Å². The molecule has 0 aliphatic carbocycles. The van der Waals surface area contributed by atoms with Crippen LogP contribution in [0.5, 0.6) is 17.2 Å². The Labute approximate surface area is 166 Å². The Morgan fingerprint density at radius 3 is 2.68 bits per heavy atom. The van der Waals surface area contributed by atoms with Crippen LogP contribution in [0.25, 0.3) is 11.3 Å². The van der Waals surface area contributed by atoms with E-state index in [1.807, 2.05) is 56.3 Å². The highest BCUT2D eigenvalue weighted by Crippen LogP contribution is 2.27. The normalized spacial score (nSPS) is 10.9. The second-order valence-corrected chi connectivity index (χ2v) is 6.91. The third-order valence-electron chi connectivity index (χ3n) is 4.32. The van der Waals surface area contributed by atoms with Gasteiger partial charge in [-0.1, -0.05) is 18.2 Å². The van der Waals surface area contributed by atoms with Crippen LogP contribution in [0.15, 0.2) is 54.7 Å². The van der Waals surface area contributed by atoms with E-state index >= 15 is 0 Å². The van der Waals surface area contributed by atoms with E-state index in [0.717, 1.165) is 47.7 Å². The van der Waals surface area contributed by atoms with Crippen molar-refractivity contribution in [1.82, 2.24) is 9.97 Å². The number of aromatic hydroxyl groups is 1. The number of nitrogens with zero attached hydrogens (tertiary/aromatic N) is 2. The molecule has 0 saturated carbocycles. The Balaban J connectivity index is 1.65. The van der Waals surface area contributed by atoms with E-state index in [0.29, 0.717) is 5.75 Å². The zero-order valence-electron chi connectivity index (χ0n) is 16.6. The zero-order valence-corrected chi connectivity index (χ0v) is 16.6. The molecule has 0 spiro atoms. The number of hydrogen-bond donors (Lipinski definition) is 1. The first-order chi connectivity index (χ1) is 13.5. The molecule has 146 valence electrons. The van der Waals surface area contributed by atoms with Gasteiger partial charge in [-0.15, -0.1) is 0 Å². The zero-order chi connectivity index (χ0) is 19.9. The van der Waals surface area contributed by atoms with Gasteiger partial charge in [-0.25, -0.2) is 9.97 Å². The SMILES string of the molecule is COc1cc(CCCc2nccc(-c3cccc(OC(C)C)c3)n2)ccc1O. The fraction of sp³-hybridized carbons (Fsp3) is 0.304. The maximum Gasteiger partial charge on any atom is 0.160 e. The summed E-state index contributed by atoms with van der Waals surface area (Å²) in [5.41, 5.74) is 3.03. The van der Waals surface area contributed by atoms with E-state index in [1.165, 1.54) is 0 Å². The molecule has 0 bridgehead atoms. The van der Waals surface area contributed by atoms with Gasteiger partial charge in [-0.05, 0) is 62.6 Å². The fourth-order valence-electron chi connectivity index (χ4n) is 3.01. The van der Waals surface area contributed by atoms with E-state index in [-0.39, 0.29) is 11.9 Å². The summed E-state index contributed by atoms with van der Waals surface area (Å²) in [5.74, 6) is 2.32. The number of benzene rings is 2. The van der Waals surface area contributed by atoms with Gasteiger partial charge in [0.25, 0.3) is 0 Å². The van der Waals surface area contributed by atoms with Crippen LogP contribution in [0, 0.1) is 0 Å². The molecule has 0 saturated heterocycles. The minimum atomic E-state index is 0.134. The number of ether oxygens (including phenoxy) is 2. The second-order valence-electron chi connectivity index (χ2n) is 6.91. The van der Waals surface area contributed by atoms with Crippen molar-refractivity contribution >= 4 is 0 Å². The number of phenols is 1. The Morgan fingerprint density at radius 2 is 1.89 bits per heavy atom. The second kappa shape index (κ2) is 9.22. The smallest absolute Gasteiger partial charge is 0.160 e. The first kappa shape index (κ1) is 19.7. The number of hydrogen-bond acceptors (Lipinski definition) is 5. The summed E-state index contributed by atoms with van der Waals surface area (Å²) < 4.78 is 10.9. The molecule has 0 atom stereocenters. The van der Waals surface area contributed by atoms with Gasteiger partial charge in [-0.2, -0.15) is 0 Å². The molecule has 0 amide bonds. The summed E-state index contributed by atoms with van der Waals surface area (Å²) in [5, 5.41) is 9.69. The van der Waals surface area contributed by atoms with Crippen molar-refractivity contribution in [3.63, 3.8) is 0 Å². The molecule has 28 heavy (non-hydrogen) atoms. The van der Waals surface area contributed by atoms with Crippen molar-refractivity contribution in [2.45, 2.75) is 39.2 Å². The summed E-state index contributed by atoms with van der Waals surface area (Å²) in [6.45, 7) is 4.03. The number of aromatic nitrogens is 2. The van der Waals surface area contributed by atoms with E-state index in [2.05, 4.69) is 4.98 Å². The van der Waals surface area contributed by atoms with Gasteiger partial charge in [0.1, 0.15) is 11.6 Å². The van der Waals surface area contributed by atoms with Gasteiger partial charge in [0.05, 0.1) is 18.9 Å². The average Bonchev–Trinajstić information content (AvgIpc) is 2.69. The molecule has 1 heterocycles. The fourth-order valence-corrected chi connectivity index (χ4v) is 3.01. The minimum absolute atomic E-state index is 0.134. The predicted octanol–water partition coefficient (Wildman–Crippen LogP) is 4.82. The van der Waals surface area contributed by atoms with Crippen LogP contribution >= 0.6 is 0 Å². The van der Waals surface area contributed by atoms with Gasteiger partial charge in [0, 0.05) is 18.2 Å². The van der Waals surface area contributed by atoms with Gasteiger partial charge >= 0.3 is 0 Å². The lowest BCUT2D eigenvalue weighted by atomic mass is 10.1. The third kappa shape index (κ3) is 5.22. The van der Waals surface area contributed by atoms with Crippen molar-refractivity contribution in [2.24, 2.45) is 0 Å². The van der Waals surface area contributed by atoms with Crippen LogP contribution in [0.4, 0.5) is 0 Å². The van der Waals surface area contributed by atoms with E-state index in [4.69, 9.17) is 14.5 Å². The molecule has 0 radical (unpaired) electrons. The summed E-state index contributed by atoms with van der Waals surface area (Å²) in [7, 11) is 1.55. The van der Waals surface area contributed by atoms with Crippen molar-refractivity contribution < 1.29 is 14.6 Å². The average molecular weight is 378 g/mol. The molecule has 2 aromatic carbocycles. The van der Waals surface area contributed by atoms with Gasteiger partial charge in [-0.3, -0.25) is 0 Å². The Bertz CT molecular complexity index is 925. The molecule has 0 aliphatic rings. The number of rotatable bonds is 8. The van der Waals surface area contributed by atoms with E-state index in [9.17, 15) is 5.11 Å².